The summed E-state index contributed by atoms with van der Waals surface area (Å²) in [7, 11) is 0. The lowest BCUT2D eigenvalue weighted by Gasteiger charge is -2.36. The molecule has 6 aromatic rings. The van der Waals surface area contributed by atoms with Crippen LogP contribution in [0.2, 0.25) is 0 Å². The Balaban J connectivity index is 1.50. The van der Waals surface area contributed by atoms with Crippen LogP contribution in [0, 0.1) is 5.92 Å². The summed E-state index contributed by atoms with van der Waals surface area (Å²) in [6, 6.07) is 42.6. The number of hydrogen-bond donors (Lipinski definition) is 2. The fraction of sp³-hybridized carbons (Fsp3) is 0.220. The van der Waals surface area contributed by atoms with Gasteiger partial charge < -0.3 is 19.7 Å². The van der Waals surface area contributed by atoms with Crippen LogP contribution in [0.5, 0.6) is 11.5 Å². The summed E-state index contributed by atoms with van der Waals surface area (Å²) in [5.74, 6) is 1.75. The van der Waals surface area contributed by atoms with E-state index in [4.69, 9.17) is 9.47 Å². The van der Waals surface area contributed by atoms with E-state index in [2.05, 4.69) is 130 Å². The fourth-order valence-corrected chi connectivity index (χ4v) is 6.27. The van der Waals surface area contributed by atoms with Crippen LogP contribution < -0.4 is 9.47 Å². The molecule has 0 aliphatic heterocycles. The van der Waals surface area contributed by atoms with E-state index in [9.17, 15) is 10.2 Å². The van der Waals surface area contributed by atoms with E-state index < -0.39 is 0 Å². The topological polar surface area (TPSA) is 58.9 Å². The van der Waals surface area contributed by atoms with Crippen LogP contribution in [0.1, 0.15) is 31.9 Å². The third kappa shape index (κ3) is 6.04. The minimum Gasteiger partial charge on any atom is -0.491 e. The van der Waals surface area contributed by atoms with E-state index in [1.54, 1.807) is 0 Å². The maximum Gasteiger partial charge on any atom is 0.127 e. The maximum absolute atomic E-state index is 9.54. The van der Waals surface area contributed by atoms with Crippen molar-refractivity contribution < 1.29 is 19.7 Å². The van der Waals surface area contributed by atoms with Crippen molar-refractivity contribution in [3.63, 3.8) is 0 Å². The van der Waals surface area contributed by atoms with Crippen LogP contribution in [0.15, 0.2) is 121 Å². The van der Waals surface area contributed by atoms with Crippen molar-refractivity contribution in [3.05, 3.63) is 132 Å². The van der Waals surface area contributed by atoms with Crippen molar-refractivity contribution in [1.82, 2.24) is 0 Å². The lowest BCUT2D eigenvalue weighted by atomic mass is 9.67. The molecule has 6 aromatic carbocycles. The molecular formula is C41H40O4. The summed E-state index contributed by atoms with van der Waals surface area (Å²) in [5, 5.41) is 23.8. The minimum atomic E-state index is -0.359. The van der Waals surface area contributed by atoms with Gasteiger partial charge in [0.1, 0.15) is 24.7 Å². The number of rotatable bonds is 11. The smallest absolute Gasteiger partial charge is 0.127 e. The zero-order valence-corrected chi connectivity index (χ0v) is 26.2. The largest absolute Gasteiger partial charge is 0.491 e. The Kier molecular flexibility index (Phi) is 8.88. The molecule has 4 nitrogen and oxygen atoms in total. The zero-order valence-electron chi connectivity index (χ0n) is 26.2. The highest BCUT2D eigenvalue weighted by molar-refractivity contribution is 5.89. The van der Waals surface area contributed by atoms with Crippen LogP contribution >= 0.6 is 0 Å². The zero-order chi connectivity index (χ0) is 31.4. The van der Waals surface area contributed by atoms with E-state index in [0.29, 0.717) is 0 Å². The molecule has 0 spiro atoms. The fourth-order valence-electron chi connectivity index (χ4n) is 6.27. The molecule has 0 radical (unpaired) electrons. The first-order chi connectivity index (χ1) is 21.9. The molecule has 0 atom stereocenters. The molecule has 45 heavy (non-hydrogen) atoms. The van der Waals surface area contributed by atoms with E-state index in [1.165, 1.54) is 32.7 Å². The van der Waals surface area contributed by atoms with Gasteiger partial charge in [0.25, 0.3) is 0 Å². The van der Waals surface area contributed by atoms with Crippen LogP contribution in [0.4, 0.5) is 0 Å². The third-order valence-electron chi connectivity index (χ3n) is 9.13. The van der Waals surface area contributed by atoms with Crippen LogP contribution in [-0.2, 0) is 5.41 Å². The molecule has 0 aromatic heterocycles. The third-order valence-corrected chi connectivity index (χ3v) is 9.13. The summed E-state index contributed by atoms with van der Waals surface area (Å²) in [5.41, 5.74) is 6.12. The predicted molar refractivity (Wildman–Crippen MR) is 185 cm³/mol. The first-order valence-corrected chi connectivity index (χ1v) is 15.7. The van der Waals surface area contributed by atoms with E-state index in [1.807, 2.05) is 12.1 Å². The van der Waals surface area contributed by atoms with Gasteiger partial charge in [-0.3, -0.25) is 0 Å². The highest BCUT2D eigenvalue weighted by atomic mass is 16.5. The summed E-state index contributed by atoms with van der Waals surface area (Å²) in [4.78, 5) is 0. The van der Waals surface area contributed by atoms with Crippen LogP contribution in [0.25, 0.3) is 43.8 Å². The van der Waals surface area contributed by atoms with Crippen molar-refractivity contribution >= 4 is 21.5 Å². The predicted octanol–water partition coefficient (Wildman–Crippen LogP) is 9.03. The molecule has 0 heterocycles. The minimum absolute atomic E-state index is 0.0507. The number of aliphatic hydroxyl groups is 2. The lowest BCUT2D eigenvalue weighted by molar-refractivity contribution is 0.202. The molecule has 6 rings (SSSR count). The standard InChI is InChI=1S/C41H40O4/c1-28(2)41(3,35-16-18-39(44-22-20-42)37(26-35)33-14-12-29-8-4-6-10-31(29)24-33)36-17-19-40(45-23-21-43)38(27-36)34-15-13-30-9-5-7-11-32(30)25-34/h4-19,24-28,42-43H,20-23H2,1-3H3. The first kappa shape index (κ1) is 30.4. The summed E-state index contributed by atoms with van der Waals surface area (Å²) < 4.78 is 12.1. The van der Waals surface area contributed by atoms with Gasteiger partial charge in [-0.2, -0.15) is 0 Å². The van der Waals surface area contributed by atoms with Gasteiger partial charge >= 0.3 is 0 Å². The van der Waals surface area contributed by atoms with E-state index in [0.717, 1.165) is 33.8 Å². The normalized spacial score (nSPS) is 11.8. The maximum atomic E-state index is 9.54. The number of benzene rings is 6. The Labute approximate surface area is 265 Å². The van der Waals surface area contributed by atoms with Gasteiger partial charge in [-0.15, -0.1) is 0 Å². The Morgan fingerprint density at radius 2 is 0.956 bits per heavy atom. The Morgan fingerprint density at radius 1 is 0.533 bits per heavy atom. The molecule has 0 saturated heterocycles. The van der Waals surface area contributed by atoms with E-state index >= 15 is 0 Å². The highest BCUT2D eigenvalue weighted by Gasteiger charge is 2.34. The second kappa shape index (κ2) is 13.2. The molecule has 0 aliphatic carbocycles. The van der Waals surface area contributed by atoms with Crippen molar-refractivity contribution in [2.24, 2.45) is 5.92 Å². The molecular weight excluding hydrogens is 556 g/mol. The number of hydrogen-bond acceptors (Lipinski definition) is 4. The molecule has 0 bridgehead atoms. The van der Waals surface area contributed by atoms with Crippen LogP contribution in [-0.4, -0.2) is 36.6 Å². The molecule has 0 unspecified atom stereocenters. The summed E-state index contributed by atoms with van der Waals surface area (Å²) in [6.07, 6.45) is 0. The number of fused-ring (bicyclic) bond motifs is 2. The lowest BCUT2D eigenvalue weighted by Crippen LogP contribution is -2.30. The molecule has 4 heteroatoms. The van der Waals surface area contributed by atoms with E-state index in [-0.39, 0.29) is 37.8 Å². The quantitative estimate of drug-likeness (QED) is 0.157. The number of ether oxygens (including phenoxy) is 2. The molecule has 0 fully saturated rings. The molecule has 228 valence electrons. The molecule has 0 amide bonds. The summed E-state index contributed by atoms with van der Waals surface area (Å²) >= 11 is 0. The van der Waals surface area contributed by atoms with Gasteiger partial charge in [-0.1, -0.05) is 106 Å². The Hall–Kier alpha value is -4.64. The van der Waals surface area contributed by atoms with Crippen molar-refractivity contribution in [1.29, 1.82) is 0 Å². The van der Waals surface area contributed by atoms with Gasteiger partial charge in [0.05, 0.1) is 13.2 Å². The van der Waals surface area contributed by atoms with Gasteiger partial charge in [0, 0.05) is 16.5 Å². The second-order valence-electron chi connectivity index (χ2n) is 12.0. The van der Waals surface area contributed by atoms with Gasteiger partial charge in [0.15, 0.2) is 0 Å². The Morgan fingerprint density at radius 3 is 1.36 bits per heavy atom. The Bertz CT molecular complexity index is 1810. The molecule has 2 N–H and O–H groups in total. The van der Waals surface area contributed by atoms with Crippen molar-refractivity contribution in [2.45, 2.75) is 26.2 Å². The monoisotopic (exact) mass is 596 g/mol. The highest BCUT2D eigenvalue weighted by Crippen LogP contribution is 2.45. The second-order valence-corrected chi connectivity index (χ2v) is 12.0. The molecule has 0 aliphatic rings. The van der Waals surface area contributed by atoms with Crippen LogP contribution in [0.3, 0.4) is 0 Å². The number of aliphatic hydroxyl groups excluding tert-OH is 2. The first-order valence-electron chi connectivity index (χ1n) is 15.7. The van der Waals surface area contributed by atoms with Crippen molar-refractivity contribution in [2.75, 3.05) is 26.4 Å². The molecule has 0 saturated carbocycles. The van der Waals surface area contributed by atoms with Gasteiger partial charge in [-0.25, -0.2) is 0 Å². The van der Waals surface area contributed by atoms with Gasteiger partial charge in [-0.05, 0) is 86.1 Å². The van der Waals surface area contributed by atoms with Gasteiger partial charge in [0.2, 0.25) is 0 Å². The average Bonchev–Trinajstić information content (AvgIpc) is 3.08. The van der Waals surface area contributed by atoms with Crippen molar-refractivity contribution in [3.8, 4) is 33.8 Å². The SMILES string of the molecule is CC(C)C(C)(c1ccc(OCCO)c(-c2ccc3ccccc3c2)c1)c1ccc(OCCO)c(-c2ccc3ccccc3c2)c1. The summed E-state index contributed by atoms with van der Waals surface area (Å²) in [6.45, 7) is 7.18. The average molecular weight is 597 g/mol.